The van der Waals surface area contributed by atoms with Crippen LogP contribution in [0.5, 0.6) is 11.5 Å². The third-order valence-electron chi connectivity index (χ3n) is 9.38. The fraction of sp³-hybridized carbons (Fsp3) is 0.200. The van der Waals surface area contributed by atoms with Crippen molar-refractivity contribution in [1.82, 2.24) is 0 Å². The zero-order valence-electron chi connectivity index (χ0n) is 22.6. The SMILES string of the molecule is CC1(C)OB(c2ccc3c(c2)Oc2c(ccc4ccccc24)C32c3ccccc3-c3ccccc32)OC1(C)C. The Morgan fingerprint density at radius 1 is 0.564 bits per heavy atom. The van der Waals surface area contributed by atoms with E-state index in [0.717, 1.165) is 33.3 Å². The van der Waals surface area contributed by atoms with E-state index in [1.807, 2.05) is 0 Å². The first kappa shape index (κ1) is 23.1. The molecular formula is C35H29BO3. The van der Waals surface area contributed by atoms with Crippen molar-refractivity contribution in [2.75, 3.05) is 0 Å². The highest BCUT2D eigenvalue weighted by Gasteiger charge is 2.54. The molecule has 39 heavy (non-hydrogen) atoms. The summed E-state index contributed by atoms with van der Waals surface area (Å²) in [5, 5.41) is 2.28. The first-order chi connectivity index (χ1) is 18.8. The van der Waals surface area contributed by atoms with Crippen LogP contribution in [0.25, 0.3) is 21.9 Å². The van der Waals surface area contributed by atoms with Gasteiger partial charge in [0, 0.05) is 16.5 Å². The molecule has 4 heteroatoms. The van der Waals surface area contributed by atoms with E-state index in [-0.39, 0.29) is 0 Å². The van der Waals surface area contributed by atoms with Crippen molar-refractivity contribution in [2.45, 2.75) is 44.3 Å². The third-order valence-corrected chi connectivity index (χ3v) is 9.38. The second-order valence-electron chi connectivity index (χ2n) is 12.0. The van der Waals surface area contributed by atoms with Gasteiger partial charge in [-0.25, -0.2) is 0 Å². The van der Waals surface area contributed by atoms with Gasteiger partial charge in [0.25, 0.3) is 0 Å². The normalized spacial score (nSPS) is 18.8. The highest BCUT2D eigenvalue weighted by molar-refractivity contribution is 6.62. The highest BCUT2D eigenvalue weighted by Crippen LogP contribution is 2.62. The summed E-state index contributed by atoms with van der Waals surface area (Å²) in [6, 6.07) is 37.1. The molecule has 3 nitrogen and oxygen atoms in total. The van der Waals surface area contributed by atoms with Gasteiger partial charge in [-0.2, -0.15) is 0 Å². The molecule has 1 saturated heterocycles. The molecule has 0 aromatic heterocycles. The van der Waals surface area contributed by atoms with Crippen LogP contribution in [0.2, 0.25) is 0 Å². The molecule has 2 aliphatic heterocycles. The number of hydrogen-bond acceptors (Lipinski definition) is 3. The molecule has 3 aliphatic rings. The summed E-state index contributed by atoms with van der Waals surface area (Å²) in [4.78, 5) is 0. The lowest BCUT2D eigenvalue weighted by molar-refractivity contribution is 0.00578. The minimum Gasteiger partial charge on any atom is -0.456 e. The Morgan fingerprint density at radius 2 is 1.15 bits per heavy atom. The van der Waals surface area contributed by atoms with Crippen molar-refractivity contribution in [3.8, 4) is 22.6 Å². The van der Waals surface area contributed by atoms with Crippen LogP contribution in [-0.4, -0.2) is 18.3 Å². The largest absolute Gasteiger partial charge is 0.494 e. The summed E-state index contributed by atoms with van der Waals surface area (Å²) in [7, 11) is -0.461. The van der Waals surface area contributed by atoms with Gasteiger partial charge in [-0.15, -0.1) is 0 Å². The molecule has 190 valence electrons. The number of rotatable bonds is 1. The van der Waals surface area contributed by atoms with Gasteiger partial charge < -0.3 is 14.0 Å². The molecule has 0 bridgehead atoms. The molecule has 1 fully saturated rings. The molecule has 0 saturated carbocycles. The standard InChI is InChI=1S/C35H29BO3/c1-33(2)34(3,4)39-36(38-33)23-18-20-29-31(21-23)37-32-24-12-6-5-11-22(24)17-19-30(32)35(29)27-15-9-7-13-25(27)26-14-8-10-16-28(26)35/h5-21H,1-4H3. The van der Waals surface area contributed by atoms with Gasteiger partial charge in [-0.1, -0.05) is 97.1 Å². The maximum atomic E-state index is 6.90. The zero-order valence-corrected chi connectivity index (χ0v) is 22.6. The predicted octanol–water partition coefficient (Wildman–Crippen LogP) is 7.61. The Kier molecular flexibility index (Phi) is 4.51. The van der Waals surface area contributed by atoms with Gasteiger partial charge in [-0.3, -0.25) is 0 Å². The van der Waals surface area contributed by atoms with Crippen LogP contribution in [0, 0.1) is 0 Å². The Bertz CT molecular complexity index is 1760. The Balaban J connectivity index is 1.44. The fourth-order valence-corrected chi connectivity index (χ4v) is 6.78. The third kappa shape index (κ3) is 2.91. The molecule has 0 unspecified atom stereocenters. The fourth-order valence-electron chi connectivity index (χ4n) is 6.78. The van der Waals surface area contributed by atoms with Crippen LogP contribution in [0.3, 0.4) is 0 Å². The van der Waals surface area contributed by atoms with Crippen molar-refractivity contribution in [3.63, 3.8) is 0 Å². The van der Waals surface area contributed by atoms with Gasteiger partial charge >= 0.3 is 7.12 Å². The smallest absolute Gasteiger partial charge is 0.456 e. The van der Waals surface area contributed by atoms with E-state index in [2.05, 4.69) is 131 Å². The second-order valence-corrected chi connectivity index (χ2v) is 12.0. The Labute approximate surface area is 229 Å². The van der Waals surface area contributed by atoms with E-state index >= 15 is 0 Å². The average molecular weight is 508 g/mol. The van der Waals surface area contributed by atoms with E-state index in [4.69, 9.17) is 14.0 Å². The zero-order chi connectivity index (χ0) is 26.6. The van der Waals surface area contributed by atoms with Gasteiger partial charge in [-0.05, 0) is 66.9 Å². The van der Waals surface area contributed by atoms with E-state index in [9.17, 15) is 0 Å². The molecule has 0 N–H and O–H groups in total. The van der Waals surface area contributed by atoms with Gasteiger partial charge in [0.1, 0.15) is 11.5 Å². The second kappa shape index (κ2) is 7.62. The van der Waals surface area contributed by atoms with Crippen LogP contribution in [0.15, 0.2) is 103 Å². The average Bonchev–Trinajstić information content (AvgIpc) is 3.36. The molecule has 0 radical (unpaired) electrons. The maximum absolute atomic E-state index is 6.90. The summed E-state index contributed by atoms with van der Waals surface area (Å²) in [6.45, 7) is 8.36. The highest BCUT2D eigenvalue weighted by atomic mass is 16.7. The monoisotopic (exact) mass is 508 g/mol. The summed E-state index contributed by atoms with van der Waals surface area (Å²) in [5.74, 6) is 1.76. The van der Waals surface area contributed by atoms with Crippen LogP contribution < -0.4 is 10.2 Å². The molecule has 2 heterocycles. The quantitative estimate of drug-likeness (QED) is 0.214. The van der Waals surface area contributed by atoms with Crippen molar-refractivity contribution in [1.29, 1.82) is 0 Å². The summed E-state index contributed by atoms with van der Waals surface area (Å²) >= 11 is 0. The Hall–Kier alpha value is -3.86. The number of ether oxygens (including phenoxy) is 1. The molecular weight excluding hydrogens is 479 g/mol. The van der Waals surface area contributed by atoms with Gasteiger partial charge in [0.15, 0.2) is 0 Å². The van der Waals surface area contributed by atoms with E-state index < -0.39 is 23.7 Å². The molecule has 1 spiro atoms. The molecule has 0 amide bonds. The van der Waals surface area contributed by atoms with Crippen LogP contribution in [0.1, 0.15) is 49.9 Å². The van der Waals surface area contributed by atoms with Crippen LogP contribution in [-0.2, 0) is 14.7 Å². The molecule has 1 aliphatic carbocycles. The first-order valence-electron chi connectivity index (χ1n) is 13.7. The first-order valence-corrected chi connectivity index (χ1v) is 13.7. The number of benzene rings is 5. The van der Waals surface area contributed by atoms with E-state index in [1.165, 1.54) is 27.8 Å². The van der Waals surface area contributed by atoms with E-state index in [1.54, 1.807) is 0 Å². The lowest BCUT2D eigenvalue weighted by atomic mass is 9.65. The molecule has 5 aromatic rings. The molecule has 5 aromatic carbocycles. The topological polar surface area (TPSA) is 27.7 Å². The van der Waals surface area contributed by atoms with E-state index in [0.29, 0.717) is 0 Å². The van der Waals surface area contributed by atoms with Crippen molar-refractivity contribution >= 4 is 23.4 Å². The van der Waals surface area contributed by atoms with Crippen LogP contribution >= 0.6 is 0 Å². The Morgan fingerprint density at radius 3 is 1.85 bits per heavy atom. The van der Waals surface area contributed by atoms with Crippen molar-refractivity contribution in [3.05, 3.63) is 125 Å². The summed E-state index contributed by atoms with van der Waals surface area (Å²) in [5.41, 5.74) is 7.08. The summed E-state index contributed by atoms with van der Waals surface area (Å²) < 4.78 is 19.8. The minimum atomic E-state index is -0.491. The molecule has 0 atom stereocenters. The lowest BCUT2D eigenvalue weighted by Gasteiger charge is -2.40. The number of hydrogen-bond donors (Lipinski definition) is 0. The minimum absolute atomic E-state index is 0.415. The van der Waals surface area contributed by atoms with Crippen molar-refractivity contribution in [2.24, 2.45) is 0 Å². The summed E-state index contributed by atoms with van der Waals surface area (Å²) in [6.07, 6.45) is 0. The predicted molar refractivity (Wildman–Crippen MR) is 157 cm³/mol. The maximum Gasteiger partial charge on any atom is 0.494 e. The molecule has 8 rings (SSSR count). The van der Waals surface area contributed by atoms with Gasteiger partial charge in [0.05, 0.1) is 16.6 Å². The van der Waals surface area contributed by atoms with Gasteiger partial charge in [0.2, 0.25) is 0 Å². The van der Waals surface area contributed by atoms with Crippen LogP contribution in [0.4, 0.5) is 0 Å². The lowest BCUT2D eigenvalue weighted by Crippen LogP contribution is -2.41. The van der Waals surface area contributed by atoms with Crippen molar-refractivity contribution < 1.29 is 14.0 Å². The number of fused-ring (bicyclic) bond motifs is 11.